The molecule has 2 rings (SSSR count). The molecule has 0 saturated heterocycles. The molecule has 1 aromatic heterocycles. The second-order valence-corrected chi connectivity index (χ2v) is 3.87. The van der Waals surface area contributed by atoms with Crippen LogP contribution in [0.3, 0.4) is 0 Å². The molecule has 0 atom stereocenters. The van der Waals surface area contributed by atoms with E-state index in [4.69, 9.17) is 5.73 Å². The van der Waals surface area contributed by atoms with Crippen molar-refractivity contribution >= 4 is 0 Å². The number of hydrogen-bond acceptors (Lipinski definition) is 1. The van der Waals surface area contributed by atoms with Crippen LogP contribution >= 0.6 is 0 Å². The molecule has 0 bridgehead atoms. The molecule has 0 amide bonds. The highest BCUT2D eigenvalue weighted by Gasteiger charge is 2.05. The predicted molar refractivity (Wildman–Crippen MR) is 63.6 cm³/mol. The monoisotopic (exact) mass is 200 g/mol. The molecule has 2 aromatic rings. The second kappa shape index (κ2) is 3.91. The summed E-state index contributed by atoms with van der Waals surface area (Å²) in [6.45, 7) is 4.85. The van der Waals surface area contributed by atoms with Gasteiger partial charge in [0.25, 0.3) is 0 Å². The van der Waals surface area contributed by atoms with Gasteiger partial charge in [-0.2, -0.15) is 0 Å². The number of H-pyrrole nitrogens is 1. The van der Waals surface area contributed by atoms with Gasteiger partial charge in [0, 0.05) is 18.4 Å². The molecule has 0 aliphatic rings. The number of benzene rings is 1. The Hall–Kier alpha value is -1.54. The first-order chi connectivity index (χ1) is 7.22. The minimum absolute atomic E-state index is 0.560. The van der Waals surface area contributed by atoms with Gasteiger partial charge in [-0.05, 0) is 42.2 Å². The Bertz CT molecular complexity index is 469. The number of hydrogen-bond donors (Lipinski definition) is 2. The van der Waals surface area contributed by atoms with Crippen LogP contribution in [-0.4, -0.2) is 4.98 Å². The number of aromatic amines is 1. The van der Waals surface area contributed by atoms with Gasteiger partial charge < -0.3 is 10.7 Å². The lowest BCUT2D eigenvalue weighted by molar-refractivity contribution is 1.01. The van der Waals surface area contributed by atoms with E-state index in [1.165, 1.54) is 22.3 Å². The number of rotatable bonds is 2. The summed E-state index contributed by atoms with van der Waals surface area (Å²) in [5.41, 5.74) is 11.8. The third kappa shape index (κ3) is 1.81. The summed E-state index contributed by atoms with van der Waals surface area (Å²) in [7, 11) is 0. The van der Waals surface area contributed by atoms with E-state index in [0.717, 1.165) is 5.69 Å². The Kier molecular flexibility index (Phi) is 2.60. The highest BCUT2D eigenvalue weighted by molar-refractivity contribution is 5.68. The van der Waals surface area contributed by atoms with E-state index in [1.807, 2.05) is 6.20 Å². The van der Waals surface area contributed by atoms with Gasteiger partial charge in [-0.15, -0.1) is 0 Å². The van der Waals surface area contributed by atoms with Gasteiger partial charge in [-0.25, -0.2) is 0 Å². The zero-order valence-corrected chi connectivity index (χ0v) is 9.17. The Balaban J connectivity index is 2.49. The minimum Gasteiger partial charge on any atom is -0.363 e. The topological polar surface area (TPSA) is 41.8 Å². The van der Waals surface area contributed by atoms with Crippen LogP contribution in [0.5, 0.6) is 0 Å². The average molecular weight is 200 g/mol. The molecule has 0 saturated carbocycles. The Morgan fingerprint density at radius 1 is 1.27 bits per heavy atom. The molecular weight excluding hydrogens is 184 g/mol. The van der Waals surface area contributed by atoms with Gasteiger partial charge in [-0.1, -0.05) is 18.2 Å². The minimum atomic E-state index is 0.560. The van der Waals surface area contributed by atoms with Crippen molar-refractivity contribution in [2.75, 3.05) is 0 Å². The molecule has 0 unspecified atom stereocenters. The summed E-state index contributed by atoms with van der Waals surface area (Å²) < 4.78 is 0. The molecule has 0 aliphatic carbocycles. The van der Waals surface area contributed by atoms with Gasteiger partial charge in [0.15, 0.2) is 0 Å². The maximum Gasteiger partial charge on any atom is 0.0332 e. The summed E-state index contributed by atoms with van der Waals surface area (Å²) in [4.78, 5) is 3.18. The van der Waals surface area contributed by atoms with Crippen LogP contribution in [-0.2, 0) is 6.54 Å². The lowest BCUT2D eigenvalue weighted by atomic mass is 9.99. The molecule has 78 valence electrons. The zero-order chi connectivity index (χ0) is 10.8. The lowest BCUT2D eigenvalue weighted by Crippen LogP contribution is -1.94. The Morgan fingerprint density at radius 3 is 2.73 bits per heavy atom. The molecule has 0 spiro atoms. The van der Waals surface area contributed by atoms with E-state index in [-0.39, 0.29) is 0 Å². The fourth-order valence-electron chi connectivity index (χ4n) is 1.78. The Morgan fingerprint density at radius 2 is 2.07 bits per heavy atom. The van der Waals surface area contributed by atoms with Crippen LogP contribution in [0.2, 0.25) is 0 Å². The predicted octanol–water partition coefficient (Wildman–Crippen LogP) is 2.76. The van der Waals surface area contributed by atoms with Crippen LogP contribution in [0.4, 0.5) is 0 Å². The first-order valence-electron chi connectivity index (χ1n) is 5.16. The standard InChI is InChI=1S/C13H16N2/c1-9-4-3-5-13(10(9)2)11-6-12(7-14)15-8-11/h3-6,8,15H,7,14H2,1-2H3. The van der Waals surface area contributed by atoms with E-state index >= 15 is 0 Å². The van der Waals surface area contributed by atoms with Crippen LogP contribution in [0, 0.1) is 13.8 Å². The fourth-order valence-corrected chi connectivity index (χ4v) is 1.78. The first-order valence-corrected chi connectivity index (χ1v) is 5.16. The van der Waals surface area contributed by atoms with Crippen LogP contribution in [0.25, 0.3) is 11.1 Å². The first kappa shape index (κ1) is 9.99. The van der Waals surface area contributed by atoms with Crippen LogP contribution in [0.15, 0.2) is 30.5 Å². The van der Waals surface area contributed by atoms with Crippen LogP contribution < -0.4 is 5.73 Å². The smallest absolute Gasteiger partial charge is 0.0332 e. The van der Waals surface area contributed by atoms with Gasteiger partial charge in [0.1, 0.15) is 0 Å². The van der Waals surface area contributed by atoms with Gasteiger partial charge in [-0.3, -0.25) is 0 Å². The van der Waals surface area contributed by atoms with E-state index in [2.05, 4.69) is 43.1 Å². The summed E-state index contributed by atoms with van der Waals surface area (Å²) >= 11 is 0. The van der Waals surface area contributed by atoms with E-state index in [1.54, 1.807) is 0 Å². The Labute approximate surface area is 90.1 Å². The summed E-state index contributed by atoms with van der Waals surface area (Å²) in [5, 5.41) is 0. The van der Waals surface area contributed by atoms with Crippen molar-refractivity contribution in [3.63, 3.8) is 0 Å². The molecule has 1 aromatic carbocycles. The third-order valence-corrected chi connectivity index (χ3v) is 2.88. The van der Waals surface area contributed by atoms with Gasteiger partial charge in [0.2, 0.25) is 0 Å². The quantitative estimate of drug-likeness (QED) is 0.769. The lowest BCUT2D eigenvalue weighted by Gasteiger charge is -2.05. The second-order valence-electron chi connectivity index (χ2n) is 3.87. The highest BCUT2D eigenvalue weighted by atomic mass is 14.7. The molecule has 0 fully saturated rings. The van der Waals surface area contributed by atoms with Crippen molar-refractivity contribution in [3.8, 4) is 11.1 Å². The maximum absolute atomic E-state index is 5.58. The molecule has 0 radical (unpaired) electrons. The average Bonchev–Trinajstić information content (AvgIpc) is 2.70. The van der Waals surface area contributed by atoms with Gasteiger partial charge in [0.05, 0.1) is 0 Å². The van der Waals surface area contributed by atoms with Crippen molar-refractivity contribution < 1.29 is 0 Å². The fraction of sp³-hybridized carbons (Fsp3) is 0.231. The molecule has 2 heteroatoms. The van der Waals surface area contributed by atoms with Crippen molar-refractivity contribution in [2.24, 2.45) is 5.73 Å². The summed E-state index contributed by atoms with van der Waals surface area (Å²) in [6, 6.07) is 8.48. The van der Waals surface area contributed by atoms with Crippen molar-refractivity contribution in [2.45, 2.75) is 20.4 Å². The number of nitrogens with two attached hydrogens (primary N) is 1. The normalized spacial score (nSPS) is 10.6. The van der Waals surface area contributed by atoms with E-state index in [9.17, 15) is 0 Å². The summed E-state index contributed by atoms with van der Waals surface area (Å²) in [6.07, 6.45) is 2.02. The molecular formula is C13H16N2. The molecule has 2 nitrogen and oxygen atoms in total. The number of aryl methyl sites for hydroxylation is 1. The SMILES string of the molecule is Cc1cccc(-c2c[nH]c(CN)c2)c1C. The highest BCUT2D eigenvalue weighted by Crippen LogP contribution is 2.25. The summed E-state index contributed by atoms with van der Waals surface area (Å²) in [5.74, 6) is 0. The van der Waals surface area contributed by atoms with E-state index in [0.29, 0.717) is 6.54 Å². The van der Waals surface area contributed by atoms with E-state index < -0.39 is 0 Å². The van der Waals surface area contributed by atoms with Crippen molar-refractivity contribution in [1.82, 2.24) is 4.98 Å². The number of aromatic nitrogens is 1. The largest absolute Gasteiger partial charge is 0.363 e. The third-order valence-electron chi connectivity index (χ3n) is 2.88. The number of nitrogens with one attached hydrogen (secondary N) is 1. The molecule has 15 heavy (non-hydrogen) atoms. The van der Waals surface area contributed by atoms with Crippen molar-refractivity contribution in [1.29, 1.82) is 0 Å². The maximum atomic E-state index is 5.58. The van der Waals surface area contributed by atoms with Crippen LogP contribution in [0.1, 0.15) is 16.8 Å². The molecule has 3 N–H and O–H groups in total. The molecule has 1 heterocycles. The molecule has 0 aliphatic heterocycles. The van der Waals surface area contributed by atoms with Crippen molar-refractivity contribution in [3.05, 3.63) is 47.3 Å². The zero-order valence-electron chi connectivity index (χ0n) is 9.17. The van der Waals surface area contributed by atoms with Gasteiger partial charge >= 0.3 is 0 Å².